The third-order valence-corrected chi connectivity index (χ3v) is 6.76. The van der Waals surface area contributed by atoms with Crippen molar-refractivity contribution in [3.05, 3.63) is 118 Å². The summed E-state index contributed by atoms with van der Waals surface area (Å²) in [5.41, 5.74) is 1.67. The van der Waals surface area contributed by atoms with Gasteiger partial charge in [-0.25, -0.2) is 0 Å². The van der Waals surface area contributed by atoms with E-state index in [2.05, 4.69) is 15.9 Å². The zero-order chi connectivity index (χ0) is 23.7. The van der Waals surface area contributed by atoms with Crippen LogP contribution in [0.4, 0.5) is 5.69 Å². The summed E-state index contributed by atoms with van der Waals surface area (Å²) in [5.74, 6) is -0.750. The molecule has 1 atom stereocenters. The van der Waals surface area contributed by atoms with Crippen molar-refractivity contribution in [3.63, 3.8) is 0 Å². The van der Waals surface area contributed by atoms with E-state index in [-0.39, 0.29) is 12.2 Å². The van der Waals surface area contributed by atoms with Gasteiger partial charge in [-0.05, 0) is 66.6 Å². The number of nitrogens with zero attached hydrogens (tertiary/aromatic N) is 2. The zero-order valence-corrected chi connectivity index (χ0v) is 20.0. The van der Waals surface area contributed by atoms with Crippen molar-refractivity contribution in [2.75, 3.05) is 11.4 Å². The molecule has 1 aromatic heterocycles. The van der Waals surface area contributed by atoms with E-state index in [0.717, 1.165) is 15.7 Å². The van der Waals surface area contributed by atoms with E-state index >= 15 is 0 Å². The number of hydrogen-bond acceptors (Lipinski definition) is 3. The first-order chi connectivity index (χ1) is 16.5. The van der Waals surface area contributed by atoms with E-state index in [1.165, 1.54) is 0 Å². The second-order valence-corrected chi connectivity index (χ2v) is 9.37. The lowest BCUT2D eigenvalue weighted by Gasteiger charge is -2.23. The Morgan fingerprint density at radius 2 is 1.62 bits per heavy atom. The van der Waals surface area contributed by atoms with Crippen LogP contribution in [0.5, 0.6) is 0 Å². The molecule has 0 aliphatic carbocycles. The number of fused-ring (bicyclic) bond motifs is 1. The number of Topliss-reactive ketones (excluding diaryl/α,β-unsaturated/α-hetero) is 1. The molecule has 0 saturated heterocycles. The Balaban J connectivity index is 1.40. The minimum atomic E-state index is -1.91. The van der Waals surface area contributed by atoms with Gasteiger partial charge in [0.05, 0.1) is 12.1 Å². The standard InChI is InChI=1S/C28H23BrN2O3/c29-22-10-13-25-24(18-22)28(34,27(33)31(25)17-14-20-6-2-1-3-7-20)19-26(32)21-8-11-23(12-9-21)30-15-4-5-16-30/h1-13,15-16,18,34H,14,17,19H2. The van der Waals surface area contributed by atoms with Gasteiger partial charge >= 0.3 is 0 Å². The van der Waals surface area contributed by atoms with Gasteiger partial charge in [0, 0.05) is 40.2 Å². The lowest BCUT2D eigenvalue weighted by Crippen LogP contribution is -2.42. The molecule has 3 aromatic carbocycles. The van der Waals surface area contributed by atoms with Crippen molar-refractivity contribution >= 4 is 33.3 Å². The monoisotopic (exact) mass is 514 g/mol. The maximum atomic E-state index is 13.5. The zero-order valence-electron chi connectivity index (χ0n) is 18.4. The second kappa shape index (κ2) is 9.05. The van der Waals surface area contributed by atoms with Crippen LogP contribution >= 0.6 is 15.9 Å². The van der Waals surface area contributed by atoms with Gasteiger partial charge in [0.1, 0.15) is 0 Å². The number of aliphatic hydroxyl groups is 1. The molecule has 0 saturated carbocycles. The molecule has 6 heteroatoms. The van der Waals surface area contributed by atoms with Gasteiger partial charge in [-0.1, -0.05) is 46.3 Å². The Morgan fingerprint density at radius 1 is 0.912 bits per heavy atom. The summed E-state index contributed by atoms with van der Waals surface area (Å²) in [6.07, 6.45) is 4.18. The number of benzene rings is 3. The first-order valence-electron chi connectivity index (χ1n) is 11.1. The van der Waals surface area contributed by atoms with Crippen molar-refractivity contribution in [1.82, 2.24) is 4.57 Å². The maximum Gasteiger partial charge on any atom is 0.264 e. The van der Waals surface area contributed by atoms with Gasteiger partial charge < -0.3 is 14.6 Å². The Labute approximate surface area is 206 Å². The number of aromatic nitrogens is 1. The highest BCUT2D eigenvalue weighted by molar-refractivity contribution is 9.10. The largest absolute Gasteiger partial charge is 0.375 e. The summed E-state index contributed by atoms with van der Waals surface area (Å²) in [6.45, 7) is 0.416. The van der Waals surface area contributed by atoms with Gasteiger partial charge in [-0.2, -0.15) is 0 Å². The molecule has 170 valence electrons. The minimum absolute atomic E-state index is 0.286. The topological polar surface area (TPSA) is 62.5 Å². The molecular formula is C28H23BrN2O3. The minimum Gasteiger partial charge on any atom is -0.375 e. The normalized spacial score (nSPS) is 17.1. The molecule has 0 spiro atoms. The Hall–Kier alpha value is -3.48. The lowest BCUT2D eigenvalue weighted by atomic mass is 9.88. The van der Waals surface area contributed by atoms with E-state index in [1.807, 2.05) is 83.7 Å². The van der Waals surface area contributed by atoms with Crippen LogP contribution in [-0.2, 0) is 16.8 Å². The fourth-order valence-electron chi connectivity index (χ4n) is 4.46. The summed E-state index contributed by atoms with van der Waals surface area (Å²) >= 11 is 3.44. The maximum absolute atomic E-state index is 13.5. The Morgan fingerprint density at radius 3 is 2.32 bits per heavy atom. The SMILES string of the molecule is O=C(CC1(O)C(=O)N(CCc2ccccc2)c2ccc(Br)cc21)c1ccc(-n2cccc2)cc1. The third kappa shape index (κ3) is 4.11. The van der Waals surface area contributed by atoms with E-state index in [1.54, 1.807) is 23.1 Å². The first-order valence-corrected chi connectivity index (χ1v) is 11.9. The smallest absolute Gasteiger partial charge is 0.264 e. The van der Waals surface area contributed by atoms with E-state index in [0.29, 0.717) is 29.8 Å². The van der Waals surface area contributed by atoms with Crippen LogP contribution in [0, 0.1) is 0 Å². The van der Waals surface area contributed by atoms with Crippen LogP contribution in [0.2, 0.25) is 0 Å². The predicted octanol–water partition coefficient (Wildman–Crippen LogP) is 5.29. The summed E-state index contributed by atoms with van der Waals surface area (Å²) in [6, 6.07) is 26.3. The number of carbonyl (C=O) groups is 2. The molecule has 1 amide bonds. The molecule has 1 unspecified atom stereocenters. The average Bonchev–Trinajstić information content (AvgIpc) is 3.46. The van der Waals surface area contributed by atoms with Crippen LogP contribution in [0.1, 0.15) is 27.9 Å². The Bertz CT molecular complexity index is 1330. The predicted molar refractivity (Wildman–Crippen MR) is 135 cm³/mol. The number of halogens is 1. The number of hydrogen-bond donors (Lipinski definition) is 1. The van der Waals surface area contributed by atoms with E-state index < -0.39 is 11.5 Å². The number of amides is 1. The summed E-state index contributed by atoms with van der Waals surface area (Å²) in [4.78, 5) is 28.3. The molecule has 0 fully saturated rings. The molecule has 4 aromatic rings. The van der Waals surface area contributed by atoms with Gasteiger partial charge in [0.25, 0.3) is 5.91 Å². The van der Waals surface area contributed by atoms with Gasteiger partial charge in [-0.3, -0.25) is 9.59 Å². The van der Waals surface area contributed by atoms with Crippen molar-refractivity contribution in [2.45, 2.75) is 18.4 Å². The number of ketones is 1. The van der Waals surface area contributed by atoms with Crippen LogP contribution in [-0.4, -0.2) is 27.9 Å². The number of carbonyl (C=O) groups excluding carboxylic acids is 2. The third-order valence-electron chi connectivity index (χ3n) is 6.27. The molecule has 0 radical (unpaired) electrons. The molecule has 5 nitrogen and oxygen atoms in total. The highest BCUT2D eigenvalue weighted by Gasteiger charge is 2.50. The molecule has 1 N–H and O–H groups in total. The summed E-state index contributed by atoms with van der Waals surface area (Å²) in [5, 5.41) is 11.6. The van der Waals surface area contributed by atoms with Crippen LogP contribution < -0.4 is 4.90 Å². The molecule has 1 aliphatic heterocycles. The summed E-state index contributed by atoms with van der Waals surface area (Å²) in [7, 11) is 0. The molecule has 5 rings (SSSR count). The molecule has 0 bridgehead atoms. The molecule has 1 aliphatic rings. The highest BCUT2D eigenvalue weighted by Crippen LogP contribution is 2.44. The first kappa shape index (κ1) is 22.3. The van der Waals surface area contributed by atoms with Gasteiger partial charge in [0.2, 0.25) is 0 Å². The van der Waals surface area contributed by atoms with Gasteiger partial charge in [-0.15, -0.1) is 0 Å². The van der Waals surface area contributed by atoms with Crippen LogP contribution in [0.25, 0.3) is 5.69 Å². The fraction of sp³-hybridized carbons (Fsp3) is 0.143. The Kier molecular flexibility index (Phi) is 5.94. The summed E-state index contributed by atoms with van der Waals surface area (Å²) < 4.78 is 2.69. The number of rotatable bonds is 7. The number of anilines is 1. The average molecular weight is 515 g/mol. The second-order valence-electron chi connectivity index (χ2n) is 8.45. The molecule has 34 heavy (non-hydrogen) atoms. The van der Waals surface area contributed by atoms with Crippen molar-refractivity contribution in [2.24, 2.45) is 0 Å². The quantitative estimate of drug-likeness (QED) is 0.341. The molecular weight excluding hydrogens is 492 g/mol. The van der Waals surface area contributed by atoms with E-state index in [4.69, 9.17) is 0 Å². The molecule has 2 heterocycles. The lowest BCUT2D eigenvalue weighted by molar-refractivity contribution is -0.135. The van der Waals surface area contributed by atoms with Crippen molar-refractivity contribution in [1.29, 1.82) is 0 Å². The van der Waals surface area contributed by atoms with Crippen LogP contribution in [0.3, 0.4) is 0 Å². The van der Waals surface area contributed by atoms with Crippen molar-refractivity contribution in [3.8, 4) is 5.69 Å². The van der Waals surface area contributed by atoms with Gasteiger partial charge in [0.15, 0.2) is 11.4 Å². The van der Waals surface area contributed by atoms with Crippen LogP contribution in [0.15, 0.2) is 102 Å². The van der Waals surface area contributed by atoms with E-state index in [9.17, 15) is 14.7 Å². The fourth-order valence-corrected chi connectivity index (χ4v) is 4.82. The van der Waals surface area contributed by atoms with Crippen molar-refractivity contribution < 1.29 is 14.7 Å². The highest BCUT2D eigenvalue weighted by atomic mass is 79.9.